The van der Waals surface area contributed by atoms with Gasteiger partial charge in [-0.15, -0.1) is 0 Å². The molecule has 1 N–H and O–H groups in total. The third-order valence-corrected chi connectivity index (χ3v) is 6.53. The van der Waals surface area contributed by atoms with Gasteiger partial charge < -0.3 is 14.6 Å². The van der Waals surface area contributed by atoms with Gasteiger partial charge in [-0.25, -0.2) is 4.79 Å². The topological polar surface area (TPSA) is 55.8 Å². The molecule has 0 radical (unpaired) electrons. The Morgan fingerprint density at radius 1 is 0.968 bits per heavy atom. The fourth-order valence-corrected chi connectivity index (χ4v) is 4.01. The van der Waals surface area contributed by atoms with Gasteiger partial charge in [0.05, 0.1) is 18.8 Å². The molecule has 2 aromatic carbocycles. The van der Waals surface area contributed by atoms with Crippen molar-refractivity contribution in [1.29, 1.82) is 0 Å². The second-order valence-electron chi connectivity index (χ2n) is 9.48. The molecule has 4 nitrogen and oxygen atoms in total. The van der Waals surface area contributed by atoms with Crippen LogP contribution in [0.1, 0.15) is 80.1 Å². The summed E-state index contributed by atoms with van der Waals surface area (Å²) in [6, 6.07) is 12.4. The molecule has 2 aromatic rings. The molecule has 0 aliphatic carbocycles. The smallest absolute Gasteiger partial charge is 0.338 e. The highest BCUT2D eigenvalue weighted by Gasteiger charge is 2.32. The number of aliphatic hydroxyl groups excluding tert-OH is 1. The molecular weight excluding hydrogens is 388 g/mol. The van der Waals surface area contributed by atoms with Crippen molar-refractivity contribution >= 4 is 5.97 Å². The predicted molar refractivity (Wildman–Crippen MR) is 126 cm³/mol. The third kappa shape index (κ3) is 5.30. The molecule has 2 rings (SSSR count). The number of methoxy groups -OCH3 is 1. The van der Waals surface area contributed by atoms with Gasteiger partial charge in [-0.1, -0.05) is 58.9 Å². The molecule has 1 unspecified atom stereocenters. The van der Waals surface area contributed by atoms with Crippen LogP contribution in [0, 0.1) is 19.3 Å². The lowest BCUT2D eigenvalue weighted by molar-refractivity contribution is 0.0216. The van der Waals surface area contributed by atoms with Crippen molar-refractivity contribution in [1.82, 2.24) is 0 Å². The summed E-state index contributed by atoms with van der Waals surface area (Å²) >= 11 is 0. The van der Waals surface area contributed by atoms with Crippen LogP contribution >= 0.6 is 0 Å². The summed E-state index contributed by atoms with van der Waals surface area (Å²) in [5, 5.41) is 10.3. The van der Waals surface area contributed by atoms with Crippen LogP contribution in [0.15, 0.2) is 36.4 Å². The minimum absolute atomic E-state index is 0.218. The molecule has 31 heavy (non-hydrogen) atoms. The first-order valence-corrected chi connectivity index (χ1v) is 11.1. The first-order chi connectivity index (χ1) is 14.5. The quantitative estimate of drug-likeness (QED) is 0.527. The van der Waals surface area contributed by atoms with Gasteiger partial charge in [0.1, 0.15) is 12.4 Å². The van der Waals surface area contributed by atoms with E-state index in [1.807, 2.05) is 52.8 Å². The average Bonchev–Trinajstić information content (AvgIpc) is 2.73. The lowest BCUT2D eigenvalue weighted by Gasteiger charge is -2.34. The fraction of sp³-hybridized carbons (Fsp3) is 0.519. The van der Waals surface area contributed by atoms with Gasteiger partial charge in [0.25, 0.3) is 0 Å². The molecule has 170 valence electrons. The molecule has 0 spiro atoms. The molecule has 0 heterocycles. The van der Waals surface area contributed by atoms with E-state index in [1.54, 1.807) is 0 Å². The van der Waals surface area contributed by atoms with Crippen molar-refractivity contribution in [2.75, 3.05) is 13.7 Å². The Bertz CT molecular complexity index is 904. The van der Waals surface area contributed by atoms with Crippen LogP contribution in [0.4, 0.5) is 0 Å². The maximum absolute atomic E-state index is 12.3. The van der Waals surface area contributed by atoms with Crippen molar-refractivity contribution in [2.45, 2.75) is 72.8 Å². The Kier molecular flexibility index (Phi) is 7.93. The number of hydrogen-bond acceptors (Lipinski definition) is 4. The minimum Gasteiger partial charge on any atom is -0.491 e. The Hall–Kier alpha value is -2.33. The highest BCUT2D eigenvalue weighted by atomic mass is 16.5. The lowest BCUT2D eigenvalue weighted by Crippen LogP contribution is -2.32. The third-order valence-electron chi connectivity index (χ3n) is 6.53. The summed E-state index contributed by atoms with van der Waals surface area (Å²) in [5.74, 6) is 0.477. The van der Waals surface area contributed by atoms with Crippen molar-refractivity contribution in [3.8, 4) is 5.75 Å². The van der Waals surface area contributed by atoms with E-state index in [2.05, 4.69) is 32.0 Å². The van der Waals surface area contributed by atoms with Crippen LogP contribution in [-0.4, -0.2) is 30.9 Å². The van der Waals surface area contributed by atoms with Gasteiger partial charge in [0, 0.05) is 5.41 Å². The van der Waals surface area contributed by atoms with Crippen LogP contribution in [0.5, 0.6) is 5.75 Å². The highest BCUT2D eigenvalue weighted by Crippen LogP contribution is 2.41. The fourth-order valence-electron chi connectivity index (χ4n) is 4.01. The van der Waals surface area contributed by atoms with Gasteiger partial charge in [0.15, 0.2) is 0 Å². The zero-order valence-corrected chi connectivity index (χ0v) is 20.3. The molecular formula is C27H38O4. The van der Waals surface area contributed by atoms with Crippen LogP contribution in [0.2, 0.25) is 0 Å². The van der Waals surface area contributed by atoms with E-state index >= 15 is 0 Å². The molecule has 0 fully saturated rings. The molecule has 0 aliphatic heterocycles. The van der Waals surface area contributed by atoms with Crippen molar-refractivity contribution in [3.63, 3.8) is 0 Å². The predicted octanol–water partition coefficient (Wildman–Crippen LogP) is 5.98. The van der Waals surface area contributed by atoms with E-state index in [9.17, 15) is 9.90 Å². The van der Waals surface area contributed by atoms with Crippen LogP contribution in [0.25, 0.3) is 0 Å². The number of rotatable bonds is 8. The molecule has 0 aliphatic rings. The molecule has 0 aromatic heterocycles. The SMILES string of the molecule is CCC(CC)(c1ccc(OCC(O)C(C)(C)C)c(C)c1)c1ccc(C)c(C(=O)OC)c1. The number of aliphatic hydroxyl groups is 1. The number of esters is 1. The molecule has 0 amide bonds. The summed E-state index contributed by atoms with van der Waals surface area (Å²) in [6.45, 7) is 14.6. The van der Waals surface area contributed by atoms with E-state index < -0.39 is 6.10 Å². The zero-order valence-electron chi connectivity index (χ0n) is 20.3. The van der Waals surface area contributed by atoms with Gasteiger partial charge in [-0.05, 0) is 66.5 Å². The average molecular weight is 427 g/mol. The zero-order chi connectivity index (χ0) is 23.4. The van der Waals surface area contributed by atoms with Gasteiger partial charge in [0.2, 0.25) is 0 Å². The summed E-state index contributed by atoms with van der Waals surface area (Å²) in [6.07, 6.45) is 1.26. The monoisotopic (exact) mass is 426 g/mol. The summed E-state index contributed by atoms with van der Waals surface area (Å²) < 4.78 is 10.9. The Labute approximate surface area is 187 Å². The number of carbonyl (C=O) groups excluding carboxylic acids is 1. The normalized spacial score (nSPS) is 13.1. The second kappa shape index (κ2) is 9.86. The number of ether oxygens (including phenoxy) is 2. The first kappa shape index (κ1) is 24.9. The molecule has 1 atom stereocenters. The number of carbonyl (C=O) groups is 1. The van der Waals surface area contributed by atoms with E-state index in [0.29, 0.717) is 5.56 Å². The van der Waals surface area contributed by atoms with Crippen molar-refractivity contribution in [3.05, 3.63) is 64.2 Å². The van der Waals surface area contributed by atoms with Crippen LogP contribution in [-0.2, 0) is 10.2 Å². The summed E-state index contributed by atoms with van der Waals surface area (Å²) in [4.78, 5) is 12.3. The summed E-state index contributed by atoms with van der Waals surface area (Å²) in [7, 11) is 1.42. The standard InChI is InChI=1S/C27H38O4/c1-9-27(10-2,21-12-11-18(3)22(16-21)25(29)30-8)20-13-14-23(19(4)15-20)31-17-24(28)26(5,6)7/h11-16,24,28H,9-10,17H2,1-8H3. The van der Waals surface area contributed by atoms with Gasteiger partial charge >= 0.3 is 5.97 Å². The van der Waals surface area contributed by atoms with Gasteiger partial charge in [-0.2, -0.15) is 0 Å². The number of benzene rings is 2. The summed E-state index contributed by atoms with van der Waals surface area (Å²) in [5.41, 5.74) is 4.41. The maximum atomic E-state index is 12.3. The molecule has 0 saturated carbocycles. The van der Waals surface area contributed by atoms with Gasteiger partial charge in [-0.3, -0.25) is 0 Å². The van der Waals surface area contributed by atoms with Crippen LogP contribution in [0.3, 0.4) is 0 Å². The Balaban J connectivity index is 2.43. The van der Waals surface area contributed by atoms with E-state index in [1.165, 1.54) is 12.7 Å². The Morgan fingerprint density at radius 2 is 1.55 bits per heavy atom. The highest BCUT2D eigenvalue weighted by molar-refractivity contribution is 5.91. The molecule has 4 heteroatoms. The molecule has 0 bridgehead atoms. The molecule has 0 saturated heterocycles. The van der Waals surface area contributed by atoms with E-state index in [4.69, 9.17) is 9.47 Å². The van der Waals surface area contributed by atoms with Crippen molar-refractivity contribution in [2.24, 2.45) is 5.41 Å². The van der Waals surface area contributed by atoms with E-state index in [-0.39, 0.29) is 23.4 Å². The first-order valence-electron chi connectivity index (χ1n) is 11.1. The maximum Gasteiger partial charge on any atom is 0.338 e. The number of hydrogen-bond donors (Lipinski definition) is 1. The van der Waals surface area contributed by atoms with Crippen LogP contribution < -0.4 is 4.74 Å². The number of aryl methyl sites for hydroxylation is 2. The van der Waals surface area contributed by atoms with E-state index in [0.717, 1.165) is 35.3 Å². The minimum atomic E-state index is -0.541. The largest absolute Gasteiger partial charge is 0.491 e. The lowest BCUT2D eigenvalue weighted by atomic mass is 9.70. The van der Waals surface area contributed by atoms with Crippen molar-refractivity contribution < 1.29 is 19.4 Å². The Morgan fingerprint density at radius 3 is 2.06 bits per heavy atom. The second-order valence-corrected chi connectivity index (χ2v) is 9.48.